The molecule has 0 saturated carbocycles. The van der Waals surface area contributed by atoms with Crippen molar-refractivity contribution in [3.8, 4) is 0 Å². The third-order valence-electron chi connectivity index (χ3n) is 4.16. The number of carboxylic acids is 1. The number of rotatable bonds is 7. The zero-order valence-electron chi connectivity index (χ0n) is 13.8. The van der Waals surface area contributed by atoms with Gasteiger partial charge in [0.05, 0.1) is 4.92 Å². The summed E-state index contributed by atoms with van der Waals surface area (Å²) in [6.07, 6.45) is 2.23. The predicted octanol–water partition coefficient (Wildman–Crippen LogP) is 3.65. The summed E-state index contributed by atoms with van der Waals surface area (Å²) in [4.78, 5) is 33.8. The average Bonchev–Trinajstić information content (AvgIpc) is 3.00. The summed E-state index contributed by atoms with van der Waals surface area (Å²) in [5.41, 5.74) is 1.63. The van der Waals surface area contributed by atoms with Crippen LogP contribution < -0.4 is 0 Å². The number of carbonyl (C=O) groups is 2. The molecule has 0 amide bonds. The maximum absolute atomic E-state index is 12.9. The van der Waals surface area contributed by atoms with Crippen LogP contribution in [0.4, 0.5) is 5.69 Å². The standard InChI is InChI=1S/C19H16N2O5/c22-18(23)6-3-11-20-12-16(15-4-1-2-5-17(15)20)19(24)13-7-9-14(10-8-13)21(25)26/h1-2,4-5,7-10,12H,3,6,11H2,(H,22,23). The molecule has 1 aromatic heterocycles. The van der Waals surface area contributed by atoms with E-state index in [0.717, 1.165) is 10.9 Å². The molecule has 7 heteroatoms. The molecule has 0 radical (unpaired) electrons. The number of hydrogen-bond acceptors (Lipinski definition) is 4. The summed E-state index contributed by atoms with van der Waals surface area (Å²) in [7, 11) is 0. The molecule has 7 nitrogen and oxygen atoms in total. The smallest absolute Gasteiger partial charge is 0.303 e. The number of aryl methyl sites for hydroxylation is 1. The molecule has 0 spiro atoms. The number of carboxylic acid groups (broad SMARTS) is 1. The van der Waals surface area contributed by atoms with E-state index in [1.165, 1.54) is 24.3 Å². The van der Waals surface area contributed by atoms with Gasteiger partial charge in [-0.3, -0.25) is 19.7 Å². The van der Waals surface area contributed by atoms with Gasteiger partial charge in [0.15, 0.2) is 5.78 Å². The molecule has 0 aliphatic rings. The van der Waals surface area contributed by atoms with Gasteiger partial charge in [-0.25, -0.2) is 0 Å². The van der Waals surface area contributed by atoms with Crippen LogP contribution in [0.5, 0.6) is 0 Å². The molecule has 1 heterocycles. The Morgan fingerprint density at radius 2 is 1.77 bits per heavy atom. The predicted molar refractivity (Wildman–Crippen MR) is 95.3 cm³/mol. The summed E-state index contributed by atoms with van der Waals surface area (Å²) < 4.78 is 1.87. The van der Waals surface area contributed by atoms with E-state index in [1.54, 1.807) is 6.20 Å². The first-order valence-corrected chi connectivity index (χ1v) is 8.06. The SMILES string of the molecule is O=C(O)CCCn1cc(C(=O)c2ccc([N+](=O)[O-])cc2)c2ccccc21. The molecule has 2 aromatic carbocycles. The van der Waals surface area contributed by atoms with E-state index in [9.17, 15) is 19.7 Å². The highest BCUT2D eigenvalue weighted by atomic mass is 16.6. The van der Waals surface area contributed by atoms with E-state index in [4.69, 9.17) is 5.11 Å². The van der Waals surface area contributed by atoms with Gasteiger partial charge in [-0.2, -0.15) is 0 Å². The highest BCUT2D eigenvalue weighted by molar-refractivity contribution is 6.16. The Morgan fingerprint density at radius 3 is 2.42 bits per heavy atom. The zero-order chi connectivity index (χ0) is 18.7. The molecule has 0 aliphatic carbocycles. The molecule has 3 aromatic rings. The molecule has 0 aliphatic heterocycles. The van der Waals surface area contributed by atoms with Crippen LogP contribution in [0.15, 0.2) is 54.7 Å². The number of ketones is 1. The first-order chi connectivity index (χ1) is 12.5. The number of non-ortho nitro benzene ring substituents is 1. The van der Waals surface area contributed by atoms with Crippen molar-refractivity contribution in [2.45, 2.75) is 19.4 Å². The third-order valence-corrected chi connectivity index (χ3v) is 4.16. The minimum absolute atomic E-state index is 0.0537. The molecular weight excluding hydrogens is 336 g/mol. The van der Waals surface area contributed by atoms with Gasteiger partial charge in [0.2, 0.25) is 0 Å². The second kappa shape index (κ2) is 7.18. The van der Waals surface area contributed by atoms with Gasteiger partial charge < -0.3 is 9.67 Å². The number of aromatic nitrogens is 1. The van der Waals surface area contributed by atoms with Crippen LogP contribution in [-0.4, -0.2) is 26.3 Å². The Bertz CT molecular complexity index is 989. The van der Waals surface area contributed by atoms with E-state index < -0.39 is 10.9 Å². The quantitative estimate of drug-likeness (QED) is 0.397. The molecule has 0 atom stereocenters. The lowest BCUT2D eigenvalue weighted by Crippen LogP contribution is -2.02. The van der Waals surface area contributed by atoms with Gasteiger partial charge >= 0.3 is 5.97 Å². The minimum Gasteiger partial charge on any atom is -0.481 e. The molecule has 0 fully saturated rings. The lowest BCUT2D eigenvalue weighted by atomic mass is 10.0. The highest BCUT2D eigenvalue weighted by Crippen LogP contribution is 2.25. The van der Waals surface area contributed by atoms with Gasteiger partial charge in [-0.05, 0) is 24.6 Å². The second-order valence-electron chi connectivity index (χ2n) is 5.88. The number of aliphatic carboxylic acids is 1. The van der Waals surface area contributed by atoms with Crippen molar-refractivity contribution in [2.24, 2.45) is 0 Å². The number of para-hydroxylation sites is 1. The molecule has 1 N–H and O–H groups in total. The Morgan fingerprint density at radius 1 is 1.08 bits per heavy atom. The van der Waals surface area contributed by atoms with Gasteiger partial charge in [0.1, 0.15) is 0 Å². The van der Waals surface area contributed by atoms with Crippen molar-refractivity contribution in [3.05, 3.63) is 76.0 Å². The Kier molecular flexibility index (Phi) is 4.79. The van der Waals surface area contributed by atoms with Crippen LogP contribution in [0.2, 0.25) is 0 Å². The van der Waals surface area contributed by atoms with Gasteiger partial charge in [-0.1, -0.05) is 18.2 Å². The fourth-order valence-electron chi connectivity index (χ4n) is 2.90. The highest BCUT2D eigenvalue weighted by Gasteiger charge is 2.17. The molecule has 0 bridgehead atoms. The summed E-state index contributed by atoms with van der Waals surface area (Å²) in [6.45, 7) is 0.486. The van der Waals surface area contributed by atoms with E-state index in [-0.39, 0.29) is 17.9 Å². The Hall–Kier alpha value is -3.48. The van der Waals surface area contributed by atoms with Gasteiger partial charge in [0, 0.05) is 53.3 Å². The third kappa shape index (κ3) is 3.46. The van der Waals surface area contributed by atoms with Gasteiger partial charge in [-0.15, -0.1) is 0 Å². The number of hydrogen-bond donors (Lipinski definition) is 1. The zero-order valence-corrected chi connectivity index (χ0v) is 13.8. The van der Waals surface area contributed by atoms with E-state index in [2.05, 4.69) is 0 Å². The van der Waals surface area contributed by atoms with Crippen molar-refractivity contribution >= 4 is 28.3 Å². The van der Waals surface area contributed by atoms with E-state index >= 15 is 0 Å². The molecule has 0 saturated heterocycles. The van der Waals surface area contributed by atoms with Crippen molar-refractivity contribution in [2.75, 3.05) is 0 Å². The summed E-state index contributed by atoms with van der Waals surface area (Å²) in [5, 5.41) is 20.3. The first kappa shape index (κ1) is 17.3. The van der Waals surface area contributed by atoms with Crippen LogP contribution in [0.1, 0.15) is 28.8 Å². The summed E-state index contributed by atoms with van der Waals surface area (Å²) >= 11 is 0. The number of carbonyl (C=O) groups excluding carboxylic acids is 1. The molecule has 132 valence electrons. The maximum atomic E-state index is 12.9. The molecule has 26 heavy (non-hydrogen) atoms. The number of fused-ring (bicyclic) bond motifs is 1. The first-order valence-electron chi connectivity index (χ1n) is 8.06. The van der Waals surface area contributed by atoms with Crippen molar-refractivity contribution < 1.29 is 19.6 Å². The number of nitro benzene ring substituents is 1. The number of nitrogens with zero attached hydrogens (tertiary/aromatic N) is 2. The van der Waals surface area contributed by atoms with Crippen molar-refractivity contribution in [3.63, 3.8) is 0 Å². The monoisotopic (exact) mass is 352 g/mol. The van der Waals surface area contributed by atoms with Crippen LogP contribution in [0, 0.1) is 10.1 Å². The lowest BCUT2D eigenvalue weighted by molar-refractivity contribution is -0.384. The van der Waals surface area contributed by atoms with Crippen LogP contribution >= 0.6 is 0 Å². The van der Waals surface area contributed by atoms with E-state index in [1.807, 2.05) is 28.8 Å². The minimum atomic E-state index is -0.858. The topological polar surface area (TPSA) is 102 Å². The largest absolute Gasteiger partial charge is 0.481 e. The van der Waals surface area contributed by atoms with E-state index in [0.29, 0.717) is 24.1 Å². The fourth-order valence-corrected chi connectivity index (χ4v) is 2.90. The van der Waals surface area contributed by atoms with Gasteiger partial charge in [0.25, 0.3) is 5.69 Å². The Labute approximate surface area is 148 Å². The van der Waals surface area contributed by atoms with Crippen LogP contribution in [0.3, 0.4) is 0 Å². The normalized spacial score (nSPS) is 10.8. The molecule has 0 unspecified atom stereocenters. The lowest BCUT2D eigenvalue weighted by Gasteiger charge is -2.03. The van der Waals surface area contributed by atoms with Crippen LogP contribution in [0.25, 0.3) is 10.9 Å². The average molecular weight is 352 g/mol. The molecule has 3 rings (SSSR count). The fraction of sp³-hybridized carbons (Fsp3) is 0.158. The second-order valence-corrected chi connectivity index (χ2v) is 5.88. The summed E-state index contributed by atoms with van der Waals surface area (Å²) in [6, 6.07) is 12.9. The number of benzene rings is 2. The maximum Gasteiger partial charge on any atom is 0.303 e. The van der Waals surface area contributed by atoms with Crippen LogP contribution in [-0.2, 0) is 11.3 Å². The van der Waals surface area contributed by atoms with Crippen molar-refractivity contribution in [1.29, 1.82) is 0 Å². The molecular formula is C19H16N2O5. The number of nitro groups is 1. The Balaban J connectivity index is 1.95. The van der Waals surface area contributed by atoms with Crippen molar-refractivity contribution in [1.82, 2.24) is 4.57 Å². The summed E-state index contributed by atoms with van der Waals surface area (Å²) in [5.74, 6) is -1.09.